The molecular formula is C9H15O2P. The third-order valence-corrected chi connectivity index (χ3v) is 4.07. The molecule has 2 atom stereocenters. The SMILES string of the molecule is C#CC1CP(C)(=O)OCC1(C)C. The Morgan fingerprint density at radius 1 is 1.67 bits per heavy atom. The minimum Gasteiger partial charge on any atom is -0.328 e. The largest absolute Gasteiger partial charge is 0.328 e. The summed E-state index contributed by atoms with van der Waals surface area (Å²) in [6.07, 6.45) is 5.90. The summed E-state index contributed by atoms with van der Waals surface area (Å²) >= 11 is 0. The summed E-state index contributed by atoms with van der Waals surface area (Å²) in [5.41, 5.74) is -0.0291. The second-order valence-corrected chi connectivity index (χ2v) is 6.83. The van der Waals surface area contributed by atoms with E-state index in [1.54, 1.807) is 6.66 Å². The molecule has 0 radical (unpaired) electrons. The van der Waals surface area contributed by atoms with Gasteiger partial charge in [0.1, 0.15) is 0 Å². The maximum Gasteiger partial charge on any atom is 0.201 e. The number of terminal acetylenes is 1. The molecule has 1 heterocycles. The van der Waals surface area contributed by atoms with Crippen molar-refractivity contribution in [1.29, 1.82) is 0 Å². The maximum atomic E-state index is 11.6. The average molecular weight is 186 g/mol. The van der Waals surface area contributed by atoms with Gasteiger partial charge in [-0.15, -0.1) is 12.3 Å². The third-order valence-electron chi connectivity index (χ3n) is 2.37. The molecule has 0 spiro atoms. The van der Waals surface area contributed by atoms with E-state index in [0.29, 0.717) is 12.8 Å². The normalized spacial score (nSPS) is 40.3. The molecule has 0 aliphatic carbocycles. The van der Waals surface area contributed by atoms with Crippen LogP contribution in [0.5, 0.6) is 0 Å². The van der Waals surface area contributed by atoms with Gasteiger partial charge in [-0.25, -0.2) is 0 Å². The molecule has 1 saturated heterocycles. The highest BCUT2D eigenvalue weighted by Crippen LogP contribution is 2.53. The van der Waals surface area contributed by atoms with E-state index in [-0.39, 0.29) is 11.3 Å². The summed E-state index contributed by atoms with van der Waals surface area (Å²) < 4.78 is 16.8. The van der Waals surface area contributed by atoms with Crippen LogP contribution in [0.15, 0.2) is 0 Å². The van der Waals surface area contributed by atoms with Gasteiger partial charge in [0.15, 0.2) is 0 Å². The van der Waals surface area contributed by atoms with Gasteiger partial charge in [-0.1, -0.05) is 13.8 Å². The summed E-state index contributed by atoms with van der Waals surface area (Å²) in [5, 5.41) is 0. The number of rotatable bonds is 0. The summed E-state index contributed by atoms with van der Waals surface area (Å²) in [4.78, 5) is 0. The van der Waals surface area contributed by atoms with Crippen LogP contribution in [-0.2, 0) is 9.09 Å². The molecule has 2 unspecified atom stereocenters. The lowest BCUT2D eigenvalue weighted by Gasteiger charge is -2.37. The van der Waals surface area contributed by atoms with Crippen molar-refractivity contribution in [2.24, 2.45) is 11.3 Å². The first-order chi connectivity index (χ1) is 5.37. The summed E-state index contributed by atoms with van der Waals surface area (Å²) in [6, 6.07) is 0. The molecule has 0 aromatic rings. The minimum absolute atomic E-state index is 0.0291. The van der Waals surface area contributed by atoms with E-state index in [0.717, 1.165) is 0 Å². The van der Waals surface area contributed by atoms with Crippen LogP contribution < -0.4 is 0 Å². The molecule has 68 valence electrons. The van der Waals surface area contributed by atoms with Gasteiger partial charge < -0.3 is 4.52 Å². The standard InChI is InChI=1S/C9H15O2P/c1-5-8-6-12(4,10)11-7-9(8,2)3/h1,8H,6-7H2,2-4H3. The number of hydrogen-bond donors (Lipinski definition) is 0. The molecule has 0 saturated carbocycles. The highest BCUT2D eigenvalue weighted by atomic mass is 31.2. The van der Waals surface area contributed by atoms with Gasteiger partial charge in [0.25, 0.3) is 0 Å². The fourth-order valence-corrected chi connectivity index (χ4v) is 3.29. The zero-order valence-electron chi connectivity index (χ0n) is 7.83. The van der Waals surface area contributed by atoms with Gasteiger partial charge in [0.05, 0.1) is 6.61 Å². The lowest BCUT2D eigenvalue weighted by Crippen LogP contribution is -2.34. The van der Waals surface area contributed by atoms with Crippen LogP contribution in [0, 0.1) is 23.7 Å². The van der Waals surface area contributed by atoms with Crippen LogP contribution in [-0.4, -0.2) is 19.4 Å². The van der Waals surface area contributed by atoms with Crippen molar-refractivity contribution in [2.45, 2.75) is 13.8 Å². The van der Waals surface area contributed by atoms with E-state index >= 15 is 0 Å². The van der Waals surface area contributed by atoms with Gasteiger partial charge in [-0.3, -0.25) is 4.57 Å². The van der Waals surface area contributed by atoms with Gasteiger partial charge in [-0.05, 0) is 0 Å². The van der Waals surface area contributed by atoms with Crippen LogP contribution in [0.3, 0.4) is 0 Å². The molecule has 12 heavy (non-hydrogen) atoms. The third kappa shape index (κ3) is 1.91. The van der Waals surface area contributed by atoms with E-state index in [4.69, 9.17) is 10.9 Å². The fourth-order valence-electron chi connectivity index (χ4n) is 1.31. The minimum atomic E-state index is -2.38. The summed E-state index contributed by atoms with van der Waals surface area (Å²) in [6.45, 7) is 6.27. The lowest BCUT2D eigenvalue weighted by atomic mass is 9.81. The van der Waals surface area contributed by atoms with Gasteiger partial charge >= 0.3 is 0 Å². The average Bonchev–Trinajstić information content (AvgIpc) is 1.95. The van der Waals surface area contributed by atoms with E-state index in [1.807, 2.05) is 0 Å². The molecule has 2 nitrogen and oxygen atoms in total. The Kier molecular flexibility index (Phi) is 2.38. The van der Waals surface area contributed by atoms with Crippen LogP contribution in [0.1, 0.15) is 13.8 Å². The Labute approximate surface area is 74.1 Å². The Morgan fingerprint density at radius 2 is 2.25 bits per heavy atom. The molecule has 0 amide bonds. The second kappa shape index (κ2) is 2.91. The zero-order valence-corrected chi connectivity index (χ0v) is 8.73. The van der Waals surface area contributed by atoms with Crippen LogP contribution >= 0.6 is 7.37 Å². The number of hydrogen-bond acceptors (Lipinski definition) is 2. The van der Waals surface area contributed by atoms with E-state index in [9.17, 15) is 4.57 Å². The molecule has 3 heteroatoms. The Bertz CT molecular complexity index is 262. The molecule has 0 N–H and O–H groups in total. The predicted molar refractivity (Wildman–Crippen MR) is 50.5 cm³/mol. The zero-order chi connectivity index (χ0) is 9.41. The predicted octanol–water partition coefficient (Wildman–Crippen LogP) is 2.20. The molecule has 0 bridgehead atoms. The van der Waals surface area contributed by atoms with Crippen LogP contribution in [0.2, 0.25) is 0 Å². The first kappa shape index (κ1) is 9.84. The molecule has 0 aromatic carbocycles. The quantitative estimate of drug-likeness (QED) is 0.428. The van der Waals surface area contributed by atoms with Crippen LogP contribution in [0.4, 0.5) is 0 Å². The fraction of sp³-hybridized carbons (Fsp3) is 0.778. The van der Waals surface area contributed by atoms with Crippen molar-refractivity contribution in [3.8, 4) is 12.3 Å². The van der Waals surface area contributed by atoms with E-state index in [1.165, 1.54) is 0 Å². The van der Waals surface area contributed by atoms with Crippen molar-refractivity contribution in [1.82, 2.24) is 0 Å². The first-order valence-corrected chi connectivity index (χ1v) is 6.30. The summed E-state index contributed by atoms with van der Waals surface area (Å²) in [5.74, 6) is 2.78. The van der Waals surface area contributed by atoms with Crippen molar-refractivity contribution in [3.63, 3.8) is 0 Å². The Balaban J connectivity index is 2.82. The van der Waals surface area contributed by atoms with Gasteiger partial charge in [0.2, 0.25) is 7.37 Å². The molecule has 1 aliphatic rings. The smallest absolute Gasteiger partial charge is 0.201 e. The molecular weight excluding hydrogens is 171 g/mol. The van der Waals surface area contributed by atoms with Crippen LogP contribution in [0.25, 0.3) is 0 Å². The molecule has 0 aromatic heterocycles. The first-order valence-electron chi connectivity index (χ1n) is 4.05. The van der Waals surface area contributed by atoms with Crippen molar-refractivity contribution < 1.29 is 9.09 Å². The maximum absolute atomic E-state index is 11.6. The van der Waals surface area contributed by atoms with Gasteiger partial charge in [0, 0.05) is 24.2 Å². The van der Waals surface area contributed by atoms with E-state index < -0.39 is 7.37 Å². The molecule has 1 aliphatic heterocycles. The highest BCUT2D eigenvalue weighted by Gasteiger charge is 2.39. The highest BCUT2D eigenvalue weighted by molar-refractivity contribution is 7.58. The summed E-state index contributed by atoms with van der Waals surface area (Å²) in [7, 11) is -2.38. The van der Waals surface area contributed by atoms with Crippen molar-refractivity contribution >= 4 is 7.37 Å². The molecule has 1 rings (SSSR count). The van der Waals surface area contributed by atoms with Crippen molar-refractivity contribution in [3.05, 3.63) is 0 Å². The lowest BCUT2D eigenvalue weighted by molar-refractivity contribution is 0.125. The Morgan fingerprint density at radius 3 is 2.67 bits per heavy atom. The second-order valence-electron chi connectivity index (χ2n) is 4.18. The monoisotopic (exact) mass is 186 g/mol. The Hall–Kier alpha value is -0.250. The van der Waals surface area contributed by atoms with Crippen molar-refractivity contribution in [2.75, 3.05) is 19.4 Å². The van der Waals surface area contributed by atoms with E-state index in [2.05, 4.69) is 19.8 Å². The molecule has 1 fully saturated rings. The topological polar surface area (TPSA) is 26.3 Å². The van der Waals surface area contributed by atoms with Gasteiger partial charge in [-0.2, -0.15) is 0 Å².